The highest BCUT2D eigenvalue weighted by Gasteiger charge is 2.21. The Kier molecular flexibility index (Phi) is 3.51. The Morgan fingerprint density at radius 1 is 0.840 bits per heavy atom. The fraction of sp³-hybridized carbons (Fsp3) is 0.273. The standard InChI is InChI=1S/C22H21NO2/c1-2-6-16(7-3-1)14-23-19-9-5-4-8-17(19)12-20(23)18-10-11-21-22(13-18)25-15-24-21/h1-3,6-7,10-13H,4-5,8-9,14-15H2. The molecule has 126 valence electrons. The summed E-state index contributed by atoms with van der Waals surface area (Å²) in [7, 11) is 0. The summed E-state index contributed by atoms with van der Waals surface area (Å²) in [6, 6.07) is 19.4. The highest BCUT2D eigenvalue weighted by atomic mass is 16.7. The second-order valence-electron chi connectivity index (χ2n) is 6.85. The first-order valence-corrected chi connectivity index (χ1v) is 9.04. The van der Waals surface area contributed by atoms with Crippen molar-refractivity contribution in [3.63, 3.8) is 0 Å². The van der Waals surface area contributed by atoms with Crippen molar-refractivity contribution < 1.29 is 9.47 Å². The summed E-state index contributed by atoms with van der Waals surface area (Å²) in [5.74, 6) is 1.69. The number of rotatable bonds is 3. The highest BCUT2D eigenvalue weighted by molar-refractivity contribution is 5.67. The van der Waals surface area contributed by atoms with Gasteiger partial charge >= 0.3 is 0 Å². The first-order chi connectivity index (χ1) is 12.4. The van der Waals surface area contributed by atoms with E-state index in [9.17, 15) is 0 Å². The van der Waals surface area contributed by atoms with Gasteiger partial charge in [-0.1, -0.05) is 30.3 Å². The number of hydrogen-bond donors (Lipinski definition) is 0. The fourth-order valence-corrected chi connectivity index (χ4v) is 4.01. The van der Waals surface area contributed by atoms with Gasteiger partial charge in [0.2, 0.25) is 6.79 Å². The van der Waals surface area contributed by atoms with E-state index in [1.165, 1.54) is 53.8 Å². The fourth-order valence-electron chi connectivity index (χ4n) is 4.01. The van der Waals surface area contributed by atoms with Crippen LogP contribution in [0.2, 0.25) is 0 Å². The molecule has 25 heavy (non-hydrogen) atoms. The van der Waals surface area contributed by atoms with Gasteiger partial charge in [-0.25, -0.2) is 0 Å². The van der Waals surface area contributed by atoms with Gasteiger partial charge in [0, 0.05) is 23.5 Å². The molecule has 3 nitrogen and oxygen atoms in total. The maximum Gasteiger partial charge on any atom is 0.231 e. The van der Waals surface area contributed by atoms with E-state index in [1.807, 2.05) is 6.07 Å². The minimum atomic E-state index is 0.320. The number of aromatic nitrogens is 1. The van der Waals surface area contributed by atoms with E-state index in [4.69, 9.17) is 9.47 Å². The third-order valence-electron chi connectivity index (χ3n) is 5.26. The molecule has 0 spiro atoms. The van der Waals surface area contributed by atoms with Gasteiger partial charge < -0.3 is 14.0 Å². The minimum Gasteiger partial charge on any atom is -0.454 e. The molecule has 1 aromatic heterocycles. The summed E-state index contributed by atoms with van der Waals surface area (Å²) < 4.78 is 13.6. The predicted octanol–water partition coefficient (Wildman–Crippen LogP) is 4.81. The van der Waals surface area contributed by atoms with Crippen LogP contribution in [0.3, 0.4) is 0 Å². The van der Waals surface area contributed by atoms with Crippen LogP contribution < -0.4 is 9.47 Å². The number of hydrogen-bond acceptors (Lipinski definition) is 2. The van der Waals surface area contributed by atoms with Gasteiger partial charge in [0.25, 0.3) is 0 Å². The molecule has 0 N–H and O–H groups in total. The van der Waals surface area contributed by atoms with Crippen LogP contribution in [0.5, 0.6) is 11.5 Å². The Hall–Kier alpha value is -2.68. The second kappa shape index (κ2) is 5.99. The lowest BCUT2D eigenvalue weighted by atomic mass is 9.98. The van der Waals surface area contributed by atoms with Crippen LogP contribution in [-0.2, 0) is 19.4 Å². The first-order valence-electron chi connectivity index (χ1n) is 9.04. The SMILES string of the molecule is c1ccc(Cn2c(-c3ccc4c(c3)OCO4)cc3c2CCCC3)cc1. The smallest absolute Gasteiger partial charge is 0.231 e. The average molecular weight is 331 g/mol. The molecule has 0 radical (unpaired) electrons. The maximum atomic E-state index is 5.59. The molecule has 3 heteroatoms. The molecule has 0 fully saturated rings. The van der Waals surface area contributed by atoms with E-state index >= 15 is 0 Å². The lowest BCUT2D eigenvalue weighted by Crippen LogP contribution is -2.10. The molecular formula is C22H21NO2. The largest absolute Gasteiger partial charge is 0.454 e. The third-order valence-corrected chi connectivity index (χ3v) is 5.26. The van der Waals surface area contributed by atoms with Crippen molar-refractivity contribution in [2.24, 2.45) is 0 Å². The molecule has 0 saturated heterocycles. The zero-order chi connectivity index (χ0) is 16.6. The molecule has 0 amide bonds. The zero-order valence-electron chi connectivity index (χ0n) is 14.2. The van der Waals surface area contributed by atoms with Gasteiger partial charge in [-0.05, 0) is 61.1 Å². The molecular weight excluding hydrogens is 310 g/mol. The number of benzene rings is 2. The number of aryl methyl sites for hydroxylation is 1. The van der Waals surface area contributed by atoms with Crippen LogP contribution in [0, 0.1) is 0 Å². The predicted molar refractivity (Wildman–Crippen MR) is 98.2 cm³/mol. The van der Waals surface area contributed by atoms with Crippen molar-refractivity contribution in [1.29, 1.82) is 0 Å². The maximum absolute atomic E-state index is 5.59. The van der Waals surface area contributed by atoms with Gasteiger partial charge in [-0.2, -0.15) is 0 Å². The monoisotopic (exact) mass is 331 g/mol. The molecule has 0 saturated carbocycles. The van der Waals surface area contributed by atoms with Crippen molar-refractivity contribution in [3.8, 4) is 22.8 Å². The summed E-state index contributed by atoms with van der Waals surface area (Å²) in [4.78, 5) is 0. The summed E-state index contributed by atoms with van der Waals surface area (Å²) in [5.41, 5.74) is 6.84. The highest BCUT2D eigenvalue weighted by Crippen LogP contribution is 2.38. The van der Waals surface area contributed by atoms with E-state index in [0.29, 0.717) is 6.79 Å². The minimum absolute atomic E-state index is 0.320. The molecule has 1 aliphatic carbocycles. The van der Waals surface area contributed by atoms with Crippen LogP contribution in [-0.4, -0.2) is 11.4 Å². The van der Waals surface area contributed by atoms with E-state index < -0.39 is 0 Å². The summed E-state index contributed by atoms with van der Waals surface area (Å²) in [6.45, 7) is 1.24. The summed E-state index contributed by atoms with van der Waals surface area (Å²) in [5, 5.41) is 0. The van der Waals surface area contributed by atoms with E-state index in [0.717, 1.165) is 18.0 Å². The third kappa shape index (κ3) is 2.60. The van der Waals surface area contributed by atoms with Gasteiger partial charge in [0.15, 0.2) is 11.5 Å². The first kappa shape index (κ1) is 14.6. The molecule has 2 heterocycles. The molecule has 5 rings (SSSR count). The Bertz CT molecular complexity index is 911. The van der Waals surface area contributed by atoms with E-state index in [2.05, 4.69) is 53.1 Å². The van der Waals surface area contributed by atoms with Crippen molar-refractivity contribution in [1.82, 2.24) is 4.57 Å². The van der Waals surface area contributed by atoms with Crippen LogP contribution >= 0.6 is 0 Å². The Labute approximate surface area is 147 Å². The van der Waals surface area contributed by atoms with Crippen molar-refractivity contribution in [3.05, 3.63) is 71.4 Å². The van der Waals surface area contributed by atoms with E-state index in [-0.39, 0.29) is 0 Å². The van der Waals surface area contributed by atoms with Crippen LogP contribution in [0.15, 0.2) is 54.6 Å². The Morgan fingerprint density at radius 3 is 2.60 bits per heavy atom. The van der Waals surface area contributed by atoms with Gasteiger partial charge in [-0.15, -0.1) is 0 Å². The van der Waals surface area contributed by atoms with Crippen molar-refractivity contribution >= 4 is 0 Å². The molecule has 1 aliphatic heterocycles. The normalized spacial score (nSPS) is 15.2. The molecule has 0 unspecified atom stereocenters. The molecule has 0 bridgehead atoms. The lowest BCUT2D eigenvalue weighted by molar-refractivity contribution is 0.174. The van der Waals surface area contributed by atoms with Crippen LogP contribution in [0.1, 0.15) is 29.7 Å². The molecule has 3 aromatic rings. The van der Waals surface area contributed by atoms with Gasteiger partial charge in [-0.3, -0.25) is 0 Å². The van der Waals surface area contributed by atoms with Crippen molar-refractivity contribution in [2.45, 2.75) is 32.2 Å². The van der Waals surface area contributed by atoms with Crippen LogP contribution in [0.25, 0.3) is 11.3 Å². The quantitative estimate of drug-likeness (QED) is 0.687. The molecule has 2 aliphatic rings. The molecule has 2 aromatic carbocycles. The Balaban J connectivity index is 1.62. The topological polar surface area (TPSA) is 23.4 Å². The van der Waals surface area contributed by atoms with Crippen LogP contribution in [0.4, 0.5) is 0 Å². The second-order valence-corrected chi connectivity index (χ2v) is 6.85. The van der Waals surface area contributed by atoms with Gasteiger partial charge in [0.1, 0.15) is 0 Å². The van der Waals surface area contributed by atoms with Crippen molar-refractivity contribution in [2.75, 3.05) is 6.79 Å². The van der Waals surface area contributed by atoms with E-state index in [1.54, 1.807) is 0 Å². The number of ether oxygens (including phenoxy) is 2. The number of fused-ring (bicyclic) bond motifs is 2. The summed E-state index contributed by atoms with van der Waals surface area (Å²) in [6.07, 6.45) is 4.94. The molecule has 0 atom stereocenters. The van der Waals surface area contributed by atoms with Gasteiger partial charge in [0.05, 0.1) is 0 Å². The summed E-state index contributed by atoms with van der Waals surface area (Å²) >= 11 is 0. The average Bonchev–Trinajstić information content (AvgIpc) is 3.27. The zero-order valence-corrected chi connectivity index (χ0v) is 14.2. The lowest BCUT2D eigenvalue weighted by Gasteiger charge is -2.17. The Morgan fingerprint density at radius 2 is 1.68 bits per heavy atom. The number of nitrogens with zero attached hydrogens (tertiary/aromatic N) is 1.